The molecule has 0 saturated heterocycles. The summed E-state index contributed by atoms with van der Waals surface area (Å²) in [5.74, 6) is -9.98. The maximum absolute atomic E-state index is 15.3. The largest absolute Gasteiger partial charge is 0.309 e. The van der Waals surface area contributed by atoms with Crippen molar-refractivity contribution in [1.29, 1.82) is 0 Å². The minimum atomic E-state index is -2.20. The topological polar surface area (TPSA) is 9.86 Å². The number of nitrogens with zero attached hydrogens (tertiary/aromatic N) is 2. The lowest BCUT2D eigenvalue weighted by Crippen LogP contribution is -2.09. The van der Waals surface area contributed by atoms with Crippen molar-refractivity contribution < 1.29 is 22.0 Å². The predicted molar refractivity (Wildman–Crippen MR) is 211 cm³/mol. The third-order valence-corrected chi connectivity index (χ3v) is 10.5. The second-order valence-electron chi connectivity index (χ2n) is 13.5. The average molecular weight is 727 g/mol. The molecule has 0 aliphatic heterocycles. The van der Waals surface area contributed by atoms with Crippen molar-refractivity contribution in [2.75, 3.05) is 0 Å². The van der Waals surface area contributed by atoms with E-state index in [2.05, 4.69) is 65.2 Å². The lowest BCUT2D eigenvalue weighted by Gasteiger charge is -2.16. The molecule has 55 heavy (non-hydrogen) atoms. The molecule has 0 saturated carbocycles. The molecule has 0 spiro atoms. The van der Waals surface area contributed by atoms with Crippen molar-refractivity contribution in [3.63, 3.8) is 0 Å². The number of benzene rings is 8. The first-order valence-electron chi connectivity index (χ1n) is 17.7. The van der Waals surface area contributed by atoms with Crippen LogP contribution >= 0.6 is 0 Å². The number of fused-ring (bicyclic) bond motifs is 6. The number of aromatic nitrogens is 2. The van der Waals surface area contributed by atoms with Crippen molar-refractivity contribution in [3.8, 4) is 44.8 Å². The molecule has 0 aliphatic rings. The number of hydrogen-bond acceptors (Lipinski definition) is 0. The first kappa shape index (κ1) is 32.6. The summed E-state index contributed by atoms with van der Waals surface area (Å²) in [6, 6.07) is 53.8. The van der Waals surface area contributed by atoms with Gasteiger partial charge >= 0.3 is 0 Å². The molecule has 0 unspecified atom stereocenters. The van der Waals surface area contributed by atoms with Crippen LogP contribution in [0.1, 0.15) is 0 Å². The summed E-state index contributed by atoms with van der Waals surface area (Å²) in [5, 5.41) is 3.23. The van der Waals surface area contributed by atoms with Crippen molar-refractivity contribution in [2.45, 2.75) is 0 Å². The molecule has 7 heteroatoms. The maximum Gasteiger partial charge on any atom is 0.200 e. The highest BCUT2D eigenvalue weighted by molar-refractivity contribution is 6.17. The quantitative estimate of drug-likeness (QED) is 0.0949. The van der Waals surface area contributed by atoms with Gasteiger partial charge < -0.3 is 9.13 Å². The summed E-state index contributed by atoms with van der Waals surface area (Å²) in [6.45, 7) is 0. The Morgan fingerprint density at radius 3 is 1.56 bits per heavy atom. The molecule has 2 aromatic heterocycles. The van der Waals surface area contributed by atoms with E-state index >= 15 is 8.78 Å². The number of rotatable bonds is 5. The Hall–Kier alpha value is -6.99. The SMILES string of the molecule is Fc1c(F)c(F)c(-n2c3ccccc3c3cc(-c4cccc5c4c4ccccc4n5-c4cc(-c5ccccc5)ccc4-c4ccccc4)ccc32)c(F)c1F. The summed E-state index contributed by atoms with van der Waals surface area (Å²) in [4.78, 5) is 0. The molecule has 0 bridgehead atoms. The molecule has 0 radical (unpaired) electrons. The average Bonchev–Trinajstić information content (AvgIpc) is 3.75. The number of para-hydroxylation sites is 2. The minimum Gasteiger partial charge on any atom is -0.309 e. The van der Waals surface area contributed by atoms with E-state index in [1.807, 2.05) is 72.8 Å². The van der Waals surface area contributed by atoms with Crippen LogP contribution in [0, 0.1) is 29.1 Å². The van der Waals surface area contributed by atoms with Crippen LogP contribution in [0.5, 0.6) is 0 Å². The van der Waals surface area contributed by atoms with Crippen molar-refractivity contribution in [1.82, 2.24) is 9.13 Å². The lowest BCUT2D eigenvalue weighted by molar-refractivity contribution is 0.376. The normalized spacial score (nSPS) is 11.7. The van der Waals surface area contributed by atoms with E-state index in [1.54, 1.807) is 30.3 Å². The van der Waals surface area contributed by atoms with E-state index in [9.17, 15) is 13.2 Å². The molecule has 2 nitrogen and oxygen atoms in total. The van der Waals surface area contributed by atoms with E-state index in [0.29, 0.717) is 21.8 Å². The van der Waals surface area contributed by atoms with Crippen molar-refractivity contribution in [2.24, 2.45) is 0 Å². The monoisotopic (exact) mass is 726 g/mol. The van der Waals surface area contributed by atoms with Crippen molar-refractivity contribution in [3.05, 3.63) is 193 Å². The zero-order chi connectivity index (χ0) is 37.4. The van der Waals surface area contributed by atoms with Crippen LogP contribution in [0.3, 0.4) is 0 Å². The van der Waals surface area contributed by atoms with Crippen LogP contribution in [0.25, 0.3) is 88.4 Å². The van der Waals surface area contributed by atoms with Gasteiger partial charge in [0.1, 0.15) is 5.69 Å². The van der Waals surface area contributed by atoms with Gasteiger partial charge in [-0.2, -0.15) is 0 Å². The first-order valence-corrected chi connectivity index (χ1v) is 17.7. The van der Waals surface area contributed by atoms with Gasteiger partial charge in [-0.25, -0.2) is 22.0 Å². The third kappa shape index (κ3) is 4.93. The molecule has 10 rings (SSSR count). The van der Waals surface area contributed by atoms with Gasteiger partial charge in [0.15, 0.2) is 23.3 Å². The highest BCUT2D eigenvalue weighted by atomic mass is 19.2. The molecule has 8 aromatic carbocycles. The third-order valence-electron chi connectivity index (χ3n) is 10.5. The zero-order valence-corrected chi connectivity index (χ0v) is 28.9. The van der Waals surface area contributed by atoms with Crippen LogP contribution in [0.2, 0.25) is 0 Å². The van der Waals surface area contributed by atoms with Gasteiger partial charge in [0.05, 0.1) is 27.8 Å². The fraction of sp³-hybridized carbons (Fsp3) is 0. The summed E-state index contributed by atoms with van der Waals surface area (Å²) in [7, 11) is 0. The van der Waals surface area contributed by atoms with Gasteiger partial charge in [-0.05, 0) is 64.2 Å². The second-order valence-corrected chi connectivity index (χ2v) is 13.5. The Balaban J connectivity index is 1.25. The highest BCUT2D eigenvalue weighted by Gasteiger charge is 2.29. The molecule has 0 atom stereocenters. The van der Waals surface area contributed by atoms with Gasteiger partial charge in [-0.1, -0.05) is 127 Å². The Labute approximate surface area is 311 Å². The molecule has 264 valence electrons. The summed E-state index contributed by atoms with van der Waals surface area (Å²) < 4.78 is 77.3. The lowest BCUT2D eigenvalue weighted by atomic mass is 9.97. The fourth-order valence-electron chi connectivity index (χ4n) is 8.08. The van der Waals surface area contributed by atoms with Gasteiger partial charge in [0.2, 0.25) is 5.82 Å². The molecule has 0 N–H and O–H groups in total. The van der Waals surface area contributed by atoms with Crippen LogP contribution in [-0.4, -0.2) is 9.13 Å². The van der Waals surface area contributed by atoms with Crippen LogP contribution in [-0.2, 0) is 0 Å². The van der Waals surface area contributed by atoms with E-state index < -0.39 is 34.8 Å². The van der Waals surface area contributed by atoms with Crippen LogP contribution < -0.4 is 0 Å². The molecule has 10 aromatic rings. The molecular weight excluding hydrogens is 700 g/mol. The van der Waals surface area contributed by atoms with Crippen molar-refractivity contribution >= 4 is 43.6 Å². The first-order chi connectivity index (χ1) is 26.9. The molecule has 0 fully saturated rings. The molecule has 2 heterocycles. The van der Waals surface area contributed by atoms with Gasteiger partial charge in [-0.3, -0.25) is 0 Å². The minimum absolute atomic E-state index is 0.299. The van der Waals surface area contributed by atoms with Crippen LogP contribution in [0.15, 0.2) is 164 Å². The summed E-state index contributed by atoms with van der Waals surface area (Å²) in [6.07, 6.45) is 0. The maximum atomic E-state index is 15.3. The molecule has 0 amide bonds. The fourth-order valence-corrected chi connectivity index (χ4v) is 8.08. The zero-order valence-electron chi connectivity index (χ0n) is 28.9. The number of halogens is 5. The summed E-state index contributed by atoms with van der Waals surface area (Å²) >= 11 is 0. The van der Waals surface area contributed by atoms with E-state index in [1.165, 1.54) is 0 Å². The summed E-state index contributed by atoms with van der Waals surface area (Å²) in [5.41, 5.74) is 8.64. The van der Waals surface area contributed by atoms with Gasteiger partial charge in [0.25, 0.3) is 0 Å². The van der Waals surface area contributed by atoms with Crippen LogP contribution in [0.4, 0.5) is 22.0 Å². The number of hydrogen-bond donors (Lipinski definition) is 0. The van der Waals surface area contributed by atoms with E-state index in [0.717, 1.165) is 65.4 Å². The molecular formula is C48H27F5N2. The van der Waals surface area contributed by atoms with E-state index in [4.69, 9.17) is 0 Å². The van der Waals surface area contributed by atoms with Gasteiger partial charge in [-0.15, -0.1) is 0 Å². The highest BCUT2D eigenvalue weighted by Crippen LogP contribution is 2.43. The standard InChI is InChI=1S/C48H27F5N2/c49-43-44(50)46(52)48(47(53)45(43)51)55-37-19-9-7-16-34(37)36-26-31(23-25-39(36)55)33-18-11-21-40-42(33)35-17-8-10-20-38(35)54(40)41-27-30(28-12-3-1-4-13-28)22-24-32(41)29-14-5-2-6-15-29/h1-27H. The molecule has 0 aliphatic carbocycles. The Morgan fingerprint density at radius 2 is 0.855 bits per heavy atom. The Bertz CT molecular complexity index is 3120. The van der Waals surface area contributed by atoms with E-state index in [-0.39, 0.29) is 0 Å². The second kappa shape index (κ2) is 12.6. The smallest absolute Gasteiger partial charge is 0.200 e. The van der Waals surface area contributed by atoms with Gasteiger partial charge in [0, 0.05) is 27.1 Å². The Morgan fingerprint density at radius 1 is 0.309 bits per heavy atom. The predicted octanol–water partition coefficient (Wildman–Crippen LogP) is 13.6. The Kier molecular flexibility index (Phi) is 7.46.